The summed E-state index contributed by atoms with van der Waals surface area (Å²) in [5.74, 6) is 0. The predicted molar refractivity (Wildman–Crippen MR) is 461 cm³/mol. The zero-order valence-corrected chi connectivity index (χ0v) is 59.6. The van der Waals surface area contributed by atoms with Crippen molar-refractivity contribution in [1.82, 2.24) is 0 Å². The molecule has 108 heavy (non-hydrogen) atoms. The van der Waals surface area contributed by atoms with Crippen molar-refractivity contribution >= 4 is 77.2 Å². The molecule has 508 valence electrons. The van der Waals surface area contributed by atoms with Crippen LogP contribution in [-0.2, 0) is 0 Å². The second-order valence-corrected chi connectivity index (χ2v) is 27.6. The number of anilines is 6. The Morgan fingerprint density at radius 3 is 0.667 bits per heavy atom. The molecule has 0 aliphatic heterocycles. The number of fused-ring (bicyclic) bond motifs is 4. The molecular formula is C106H74N2. The van der Waals surface area contributed by atoms with Gasteiger partial charge < -0.3 is 9.80 Å². The fourth-order valence-corrected chi connectivity index (χ4v) is 15.1. The molecular weight excluding hydrogens is 1300 g/mol. The van der Waals surface area contributed by atoms with Crippen molar-refractivity contribution in [2.45, 2.75) is 0 Å². The van der Waals surface area contributed by atoms with E-state index in [9.17, 15) is 0 Å². The van der Waals surface area contributed by atoms with Crippen molar-refractivity contribution in [3.05, 3.63) is 449 Å². The van der Waals surface area contributed by atoms with Gasteiger partial charge in [0.25, 0.3) is 0 Å². The van der Waals surface area contributed by atoms with Gasteiger partial charge in [-0.15, -0.1) is 0 Å². The van der Waals surface area contributed by atoms with Crippen LogP contribution in [0.15, 0.2) is 449 Å². The minimum atomic E-state index is 1.10. The third-order valence-electron chi connectivity index (χ3n) is 20.9. The lowest BCUT2D eigenvalue weighted by molar-refractivity contribution is 1.28. The van der Waals surface area contributed by atoms with Gasteiger partial charge in [-0.1, -0.05) is 346 Å². The first-order valence-electron chi connectivity index (χ1n) is 37.1. The molecule has 0 aromatic heterocycles. The molecule has 2 nitrogen and oxygen atoms in total. The van der Waals surface area contributed by atoms with Gasteiger partial charge in [0.15, 0.2) is 0 Å². The summed E-state index contributed by atoms with van der Waals surface area (Å²) >= 11 is 0. The normalized spacial score (nSPS) is 11.1. The van der Waals surface area contributed by atoms with Gasteiger partial charge in [-0.25, -0.2) is 0 Å². The van der Waals surface area contributed by atoms with Crippen LogP contribution in [0.5, 0.6) is 0 Å². The van der Waals surface area contributed by atoms with Crippen LogP contribution in [-0.4, -0.2) is 0 Å². The van der Waals surface area contributed by atoms with Crippen LogP contribution >= 0.6 is 0 Å². The van der Waals surface area contributed by atoms with E-state index >= 15 is 0 Å². The van der Waals surface area contributed by atoms with Gasteiger partial charge in [-0.05, 0) is 246 Å². The molecule has 0 bridgehead atoms. The van der Waals surface area contributed by atoms with Crippen molar-refractivity contribution < 1.29 is 0 Å². The molecule has 0 fully saturated rings. The highest BCUT2D eigenvalue weighted by atomic mass is 15.1. The summed E-state index contributed by atoms with van der Waals surface area (Å²) in [7, 11) is 0. The third kappa shape index (κ3) is 14.0. The van der Waals surface area contributed by atoms with Crippen LogP contribution in [0, 0.1) is 0 Å². The Kier molecular flexibility index (Phi) is 18.2. The smallest absolute Gasteiger partial charge is 0.0462 e. The Bertz CT molecular complexity index is 6230. The zero-order chi connectivity index (χ0) is 72.0. The molecule has 0 saturated heterocycles. The topological polar surface area (TPSA) is 6.48 Å². The highest BCUT2D eigenvalue weighted by molar-refractivity contribution is 6.00. The van der Waals surface area contributed by atoms with E-state index in [0.29, 0.717) is 0 Å². The van der Waals surface area contributed by atoms with Gasteiger partial charge in [0.05, 0.1) is 0 Å². The molecule has 0 amide bonds. The van der Waals surface area contributed by atoms with Gasteiger partial charge in [0.2, 0.25) is 0 Å². The fourth-order valence-electron chi connectivity index (χ4n) is 15.1. The first-order chi connectivity index (χ1) is 53.5. The number of hydrogen-bond donors (Lipinski definition) is 0. The molecule has 0 aliphatic rings. The molecule has 0 aliphatic carbocycles. The Balaban J connectivity index is 0.000000153. The summed E-state index contributed by atoms with van der Waals surface area (Å²) in [6.07, 6.45) is 0. The fraction of sp³-hybridized carbons (Fsp3) is 0. The Hall–Kier alpha value is -14.2. The van der Waals surface area contributed by atoms with Crippen molar-refractivity contribution in [3.63, 3.8) is 0 Å². The quantitative estimate of drug-likeness (QED) is 0.101. The maximum absolute atomic E-state index is 2.34. The van der Waals surface area contributed by atoms with Crippen molar-refractivity contribution in [2.75, 3.05) is 9.80 Å². The molecule has 0 unspecified atom stereocenters. The summed E-state index contributed by atoms with van der Waals surface area (Å²) in [6.45, 7) is 0. The summed E-state index contributed by atoms with van der Waals surface area (Å²) < 4.78 is 0. The van der Waals surface area contributed by atoms with Crippen LogP contribution in [0.3, 0.4) is 0 Å². The van der Waals surface area contributed by atoms with E-state index in [1.165, 1.54) is 143 Å². The third-order valence-corrected chi connectivity index (χ3v) is 20.9. The molecule has 0 heterocycles. The van der Waals surface area contributed by atoms with Gasteiger partial charge in [-0.2, -0.15) is 0 Å². The van der Waals surface area contributed by atoms with Crippen molar-refractivity contribution in [3.8, 4) is 100 Å². The molecule has 0 atom stereocenters. The molecule has 0 N–H and O–H groups in total. The second kappa shape index (κ2) is 29.9. The number of benzene rings is 19. The first kappa shape index (κ1) is 65.8. The van der Waals surface area contributed by atoms with Crippen molar-refractivity contribution in [1.29, 1.82) is 0 Å². The van der Waals surface area contributed by atoms with Crippen molar-refractivity contribution in [2.24, 2.45) is 0 Å². The lowest BCUT2D eigenvalue weighted by Gasteiger charge is -2.26. The van der Waals surface area contributed by atoms with E-state index < -0.39 is 0 Å². The Morgan fingerprint density at radius 1 is 0.111 bits per heavy atom. The molecule has 0 saturated carbocycles. The van der Waals surface area contributed by atoms with Gasteiger partial charge in [0.1, 0.15) is 0 Å². The standard InChI is InChI=1S/C56H39N.C50H35N/c1-3-9-40(10-4-1)43-15-17-44(18-16-43)46-27-33-55(34-28-46)57(54-31-25-45(26-32-54)41-11-5-2-6-12-41)56-35-29-47(30-36-56)50-22-20-48-21-24-52(39-53(48)38-50)51-23-19-42-13-7-8-14-49(42)37-51;1-3-10-36(11-4-1)38-22-28-46(29-23-38)51(47-30-24-39(25-31-47)37-12-5-2-6-13-37)48-32-26-40(27-33-48)42-18-19-44-35-45(21-20-43(44)34-42)50-17-9-15-41-14-7-8-16-49(41)50/h1-39H;1-35H. The largest absolute Gasteiger partial charge is 0.311 e. The van der Waals surface area contributed by atoms with Gasteiger partial charge in [0, 0.05) is 34.1 Å². The Labute approximate surface area is 631 Å². The van der Waals surface area contributed by atoms with Gasteiger partial charge >= 0.3 is 0 Å². The molecule has 0 spiro atoms. The zero-order valence-electron chi connectivity index (χ0n) is 59.6. The highest BCUT2D eigenvalue weighted by Crippen LogP contribution is 2.42. The average molecular weight is 1380 g/mol. The minimum Gasteiger partial charge on any atom is -0.311 e. The molecule has 19 rings (SSSR count). The van der Waals surface area contributed by atoms with Crippen LogP contribution in [0.25, 0.3) is 143 Å². The summed E-state index contributed by atoms with van der Waals surface area (Å²) in [5, 5.41) is 10.0. The predicted octanol–water partition coefficient (Wildman–Crippen LogP) is 29.9. The number of hydrogen-bond acceptors (Lipinski definition) is 2. The average Bonchev–Trinajstić information content (AvgIpc) is 0.793. The molecule has 0 radical (unpaired) electrons. The van der Waals surface area contributed by atoms with Gasteiger partial charge in [-0.3, -0.25) is 0 Å². The second-order valence-electron chi connectivity index (χ2n) is 27.6. The number of nitrogens with zero attached hydrogens (tertiary/aromatic N) is 2. The molecule has 19 aromatic carbocycles. The maximum Gasteiger partial charge on any atom is 0.0462 e. The van der Waals surface area contributed by atoms with E-state index in [0.717, 1.165) is 34.1 Å². The Morgan fingerprint density at radius 2 is 0.315 bits per heavy atom. The van der Waals surface area contributed by atoms with Crippen LogP contribution < -0.4 is 9.80 Å². The number of rotatable bonds is 15. The summed E-state index contributed by atoms with van der Waals surface area (Å²) in [4.78, 5) is 4.68. The highest BCUT2D eigenvalue weighted by Gasteiger charge is 2.18. The van der Waals surface area contributed by atoms with E-state index in [1.54, 1.807) is 0 Å². The maximum atomic E-state index is 2.34. The first-order valence-corrected chi connectivity index (χ1v) is 37.1. The van der Waals surface area contributed by atoms with E-state index in [1.807, 2.05) is 0 Å². The van der Waals surface area contributed by atoms with E-state index in [2.05, 4.69) is 459 Å². The van der Waals surface area contributed by atoms with Crippen LogP contribution in [0.4, 0.5) is 34.1 Å². The van der Waals surface area contributed by atoms with E-state index in [-0.39, 0.29) is 0 Å². The molecule has 19 aromatic rings. The molecule has 2 heteroatoms. The minimum absolute atomic E-state index is 1.10. The lowest BCUT2D eigenvalue weighted by Crippen LogP contribution is -2.09. The van der Waals surface area contributed by atoms with E-state index in [4.69, 9.17) is 0 Å². The summed E-state index contributed by atoms with van der Waals surface area (Å²) in [6, 6.07) is 162. The SMILES string of the molecule is c1ccc(-c2ccc(-c3ccc(N(c4ccc(-c5ccccc5)cc4)c4ccc(-c5ccc6ccc(-c7ccc8ccccc8c7)cc6c5)cc4)cc3)cc2)cc1.c1ccc(-c2ccc(N(c3ccc(-c4ccccc4)cc3)c3ccc(-c4ccc5cc(-c6cccc7ccccc67)ccc5c4)cc3)cc2)cc1. The van der Waals surface area contributed by atoms with Crippen LogP contribution in [0.1, 0.15) is 0 Å². The monoisotopic (exact) mass is 1370 g/mol. The van der Waals surface area contributed by atoms with Crippen LogP contribution in [0.2, 0.25) is 0 Å². The summed E-state index contributed by atoms with van der Waals surface area (Å²) in [5.41, 5.74) is 28.5. The lowest BCUT2D eigenvalue weighted by atomic mass is 9.95.